The molecule has 2 aliphatic rings. The Hall–Kier alpha value is -3.14. The lowest BCUT2D eigenvalue weighted by Crippen LogP contribution is -2.53. The fourth-order valence-corrected chi connectivity index (χ4v) is 5.31. The summed E-state index contributed by atoms with van der Waals surface area (Å²) in [6.07, 6.45) is 0.227. The average Bonchev–Trinajstić information content (AvgIpc) is 3.22. The van der Waals surface area contributed by atoms with Gasteiger partial charge in [0.25, 0.3) is 5.91 Å². The molecule has 3 aromatic rings. The summed E-state index contributed by atoms with van der Waals surface area (Å²) in [6, 6.07) is 8.24. The molecular weight excluding hydrogens is 463 g/mol. The first-order chi connectivity index (χ1) is 16.3. The van der Waals surface area contributed by atoms with Crippen LogP contribution in [0.25, 0.3) is 10.9 Å². The van der Waals surface area contributed by atoms with Crippen LogP contribution in [0.2, 0.25) is 5.02 Å². The first kappa shape index (κ1) is 22.6. The number of urea groups is 1. The number of carbonyl (C=O) groups is 2. The highest BCUT2D eigenvalue weighted by Crippen LogP contribution is 2.49. The van der Waals surface area contributed by atoms with E-state index in [9.17, 15) is 19.1 Å². The lowest BCUT2D eigenvalue weighted by molar-refractivity contribution is -0.133. The highest BCUT2D eigenvalue weighted by Gasteiger charge is 2.60. The van der Waals surface area contributed by atoms with Crippen LogP contribution in [0.15, 0.2) is 36.4 Å². The van der Waals surface area contributed by atoms with Gasteiger partial charge in [-0.05, 0) is 42.3 Å². The molecule has 0 unspecified atom stereocenters. The second-order valence-corrected chi connectivity index (χ2v) is 9.27. The van der Waals surface area contributed by atoms with Crippen molar-refractivity contribution in [3.63, 3.8) is 0 Å². The molecule has 34 heavy (non-hydrogen) atoms. The summed E-state index contributed by atoms with van der Waals surface area (Å²) in [7, 11) is 0. The Labute approximate surface area is 199 Å². The van der Waals surface area contributed by atoms with Crippen molar-refractivity contribution in [1.82, 2.24) is 20.1 Å². The number of benzene rings is 2. The lowest BCUT2D eigenvalue weighted by atomic mass is 9.81. The summed E-state index contributed by atoms with van der Waals surface area (Å²) < 4.78 is 14.2. The largest absolute Gasteiger partial charge is 0.508 e. The Morgan fingerprint density at radius 2 is 2.06 bits per heavy atom. The minimum Gasteiger partial charge on any atom is -0.508 e. The van der Waals surface area contributed by atoms with Crippen LogP contribution in [-0.2, 0) is 11.2 Å². The van der Waals surface area contributed by atoms with Crippen molar-refractivity contribution in [3.05, 3.63) is 64.1 Å². The van der Waals surface area contributed by atoms with E-state index in [0.717, 1.165) is 5.56 Å². The Balaban J connectivity index is 1.66. The predicted molar refractivity (Wildman–Crippen MR) is 124 cm³/mol. The number of nitrogens with one attached hydrogen (secondary N) is 2. The standard InChI is InChI=1S/C24H24ClFN4O4/c1-24-12-16-15-10-17(25)18(26)11-19(15)28-20(16)21(13-3-2-4-14(32)9-13)30(24)23(34)29(22(24)33)7-5-27-6-8-31/h2-4,9-11,21,27-28,31-32H,5-8,12H2,1H3/t21-,24+/m1/s1. The molecule has 0 bridgehead atoms. The van der Waals surface area contributed by atoms with Crippen molar-refractivity contribution in [2.45, 2.75) is 24.9 Å². The van der Waals surface area contributed by atoms with E-state index in [2.05, 4.69) is 10.3 Å². The van der Waals surface area contributed by atoms with E-state index in [1.54, 1.807) is 30.0 Å². The first-order valence-electron chi connectivity index (χ1n) is 11.0. The fourth-order valence-electron chi connectivity index (χ4n) is 5.14. The van der Waals surface area contributed by atoms with Gasteiger partial charge in [0.05, 0.1) is 11.6 Å². The minimum atomic E-state index is -1.19. The van der Waals surface area contributed by atoms with Crippen LogP contribution < -0.4 is 5.32 Å². The van der Waals surface area contributed by atoms with Gasteiger partial charge in [0, 0.05) is 42.7 Å². The molecule has 2 aliphatic heterocycles. The zero-order chi connectivity index (χ0) is 24.2. The number of imide groups is 1. The van der Waals surface area contributed by atoms with E-state index in [1.807, 2.05) is 0 Å². The number of phenols is 1. The molecule has 0 saturated carbocycles. The number of aromatic nitrogens is 1. The molecule has 4 N–H and O–H groups in total. The third kappa shape index (κ3) is 3.34. The Bertz CT molecular complexity index is 1310. The predicted octanol–water partition coefficient (Wildman–Crippen LogP) is 2.92. The summed E-state index contributed by atoms with van der Waals surface area (Å²) in [5, 5.41) is 22.8. The SMILES string of the molecule is C[C@@]12Cc3c([nH]c4cc(F)c(Cl)cc34)[C@@H](c3cccc(O)c3)N1C(=O)N(CCNCCO)C2=O. The highest BCUT2D eigenvalue weighted by molar-refractivity contribution is 6.31. The minimum absolute atomic E-state index is 0.0267. The van der Waals surface area contributed by atoms with Crippen molar-refractivity contribution >= 4 is 34.4 Å². The van der Waals surface area contributed by atoms with Gasteiger partial charge in [0.1, 0.15) is 23.1 Å². The number of carbonyl (C=O) groups excluding carboxylic acids is 2. The Morgan fingerprint density at radius 3 is 2.79 bits per heavy atom. The molecule has 3 heterocycles. The van der Waals surface area contributed by atoms with Crippen molar-refractivity contribution in [2.75, 3.05) is 26.2 Å². The smallest absolute Gasteiger partial charge is 0.328 e. The van der Waals surface area contributed by atoms with Crippen LogP contribution in [0.4, 0.5) is 9.18 Å². The summed E-state index contributed by atoms with van der Waals surface area (Å²) in [5.74, 6) is -0.872. The molecule has 1 fully saturated rings. The number of hydrogen-bond donors (Lipinski definition) is 4. The second kappa shape index (κ2) is 8.26. The molecule has 178 valence electrons. The Morgan fingerprint density at radius 1 is 1.26 bits per heavy atom. The third-order valence-electron chi connectivity index (χ3n) is 6.69. The number of hydrogen-bond acceptors (Lipinski definition) is 5. The van der Waals surface area contributed by atoms with Crippen LogP contribution in [0, 0.1) is 5.82 Å². The second-order valence-electron chi connectivity index (χ2n) is 8.86. The highest BCUT2D eigenvalue weighted by atomic mass is 35.5. The molecule has 8 nitrogen and oxygen atoms in total. The number of rotatable bonds is 6. The lowest BCUT2D eigenvalue weighted by Gasteiger charge is -2.42. The molecule has 0 spiro atoms. The monoisotopic (exact) mass is 486 g/mol. The van der Waals surface area contributed by atoms with Crippen LogP contribution >= 0.6 is 11.6 Å². The molecule has 5 rings (SSSR count). The number of H-pyrrole nitrogens is 1. The number of amides is 3. The maximum atomic E-state index is 14.2. The van der Waals surface area contributed by atoms with Gasteiger partial charge in [0.2, 0.25) is 0 Å². The van der Waals surface area contributed by atoms with Gasteiger partial charge in [-0.3, -0.25) is 14.6 Å². The zero-order valence-electron chi connectivity index (χ0n) is 18.4. The number of aromatic amines is 1. The number of aliphatic hydroxyl groups is 1. The first-order valence-corrected chi connectivity index (χ1v) is 11.4. The molecule has 2 aromatic carbocycles. The average molecular weight is 487 g/mol. The number of halogens is 2. The Kier molecular flexibility index (Phi) is 5.50. The van der Waals surface area contributed by atoms with Gasteiger partial charge in [-0.15, -0.1) is 0 Å². The summed E-state index contributed by atoms with van der Waals surface area (Å²) in [4.78, 5) is 33.2. The zero-order valence-corrected chi connectivity index (χ0v) is 19.2. The topological polar surface area (TPSA) is 109 Å². The maximum Gasteiger partial charge on any atom is 0.328 e. The summed E-state index contributed by atoms with van der Waals surface area (Å²) >= 11 is 6.08. The van der Waals surface area contributed by atoms with E-state index in [1.165, 1.54) is 23.1 Å². The summed E-state index contributed by atoms with van der Waals surface area (Å²) in [6.45, 7) is 2.55. The number of phenolic OH excluding ortho intramolecular Hbond substituents is 1. The van der Waals surface area contributed by atoms with Crippen LogP contribution in [0.5, 0.6) is 5.75 Å². The van der Waals surface area contributed by atoms with Crippen LogP contribution in [0.3, 0.4) is 0 Å². The molecular formula is C24H24ClFN4O4. The molecule has 1 aromatic heterocycles. The normalized spacial score (nSPS) is 21.9. The molecule has 2 atom stereocenters. The van der Waals surface area contributed by atoms with Gasteiger partial charge in [-0.1, -0.05) is 23.7 Å². The summed E-state index contributed by atoms with van der Waals surface area (Å²) in [5.41, 5.74) is 1.39. The third-order valence-corrected chi connectivity index (χ3v) is 6.98. The van der Waals surface area contributed by atoms with E-state index in [4.69, 9.17) is 16.7 Å². The molecule has 3 amide bonds. The number of aromatic hydroxyl groups is 1. The molecule has 0 aliphatic carbocycles. The number of nitrogens with zero attached hydrogens (tertiary/aromatic N) is 2. The quantitative estimate of drug-likeness (QED) is 0.316. The maximum absolute atomic E-state index is 14.2. The van der Waals surface area contributed by atoms with Gasteiger partial charge < -0.3 is 20.5 Å². The fraction of sp³-hybridized carbons (Fsp3) is 0.333. The van der Waals surface area contributed by atoms with Gasteiger partial charge in [-0.2, -0.15) is 0 Å². The van der Waals surface area contributed by atoms with E-state index in [-0.39, 0.29) is 36.3 Å². The van der Waals surface area contributed by atoms with Crippen LogP contribution in [-0.4, -0.2) is 68.7 Å². The van der Waals surface area contributed by atoms with Crippen molar-refractivity contribution in [3.8, 4) is 5.75 Å². The van der Waals surface area contributed by atoms with E-state index >= 15 is 0 Å². The van der Waals surface area contributed by atoms with Crippen molar-refractivity contribution in [2.24, 2.45) is 0 Å². The van der Waals surface area contributed by atoms with Gasteiger partial charge in [0.15, 0.2) is 0 Å². The molecule has 10 heteroatoms. The van der Waals surface area contributed by atoms with Crippen LogP contribution in [0.1, 0.15) is 29.8 Å². The van der Waals surface area contributed by atoms with E-state index in [0.29, 0.717) is 35.2 Å². The number of aliphatic hydroxyl groups excluding tert-OH is 1. The molecule has 1 saturated heterocycles. The van der Waals surface area contributed by atoms with Crippen molar-refractivity contribution in [1.29, 1.82) is 0 Å². The van der Waals surface area contributed by atoms with Gasteiger partial charge >= 0.3 is 6.03 Å². The van der Waals surface area contributed by atoms with Crippen molar-refractivity contribution < 1.29 is 24.2 Å². The van der Waals surface area contributed by atoms with E-state index < -0.39 is 23.4 Å². The number of fused-ring (bicyclic) bond motifs is 4. The van der Waals surface area contributed by atoms with Gasteiger partial charge in [-0.25, -0.2) is 9.18 Å². The molecule has 0 radical (unpaired) electrons.